The largest absolute Gasteiger partial charge is 0.324 e. The van der Waals surface area contributed by atoms with Crippen LogP contribution in [-0.2, 0) is 4.79 Å². The number of nitrogens with zero attached hydrogens (tertiary/aromatic N) is 1. The predicted molar refractivity (Wildman–Crippen MR) is 58.1 cm³/mol. The first kappa shape index (κ1) is 10.7. The van der Waals surface area contributed by atoms with E-state index in [1.807, 2.05) is 24.3 Å². The van der Waals surface area contributed by atoms with E-state index in [2.05, 4.69) is 6.92 Å². The van der Waals surface area contributed by atoms with Crippen LogP contribution in [0.5, 0.6) is 0 Å². The fourth-order valence-electron chi connectivity index (χ4n) is 1.25. The summed E-state index contributed by atoms with van der Waals surface area (Å²) in [6, 6.07) is 7.82. The van der Waals surface area contributed by atoms with Gasteiger partial charge in [-0.05, 0) is 24.1 Å². The molecule has 0 aliphatic heterocycles. The molecular formula is C11H16N2O. The highest BCUT2D eigenvalue weighted by Gasteiger charge is 2.03. The van der Waals surface area contributed by atoms with E-state index in [-0.39, 0.29) is 6.04 Å². The van der Waals surface area contributed by atoms with Crippen LogP contribution in [0.25, 0.3) is 0 Å². The molecule has 0 spiro atoms. The zero-order valence-electron chi connectivity index (χ0n) is 8.60. The Kier molecular flexibility index (Phi) is 3.65. The van der Waals surface area contributed by atoms with E-state index in [1.165, 1.54) is 4.90 Å². The van der Waals surface area contributed by atoms with E-state index >= 15 is 0 Å². The molecule has 0 heterocycles. The summed E-state index contributed by atoms with van der Waals surface area (Å²) >= 11 is 0. The van der Waals surface area contributed by atoms with Crippen molar-refractivity contribution in [1.82, 2.24) is 0 Å². The fraction of sp³-hybridized carbons (Fsp3) is 0.364. The molecule has 14 heavy (non-hydrogen) atoms. The summed E-state index contributed by atoms with van der Waals surface area (Å²) in [4.78, 5) is 12.0. The van der Waals surface area contributed by atoms with Crippen molar-refractivity contribution < 1.29 is 4.79 Å². The van der Waals surface area contributed by atoms with Gasteiger partial charge in [-0.3, -0.25) is 4.79 Å². The minimum atomic E-state index is 0.0885. The van der Waals surface area contributed by atoms with Crippen molar-refractivity contribution in [1.29, 1.82) is 0 Å². The second-order valence-electron chi connectivity index (χ2n) is 3.32. The second-order valence-corrected chi connectivity index (χ2v) is 3.32. The zero-order valence-corrected chi connectivity index (χ0v) is 8.60. The topological polar surface area (TPSA) is 46.3 Å². The van der Waals surface area contributed by atoms with Crippen molar-refractivity contribution in [2.45, 2.75) is 19.4 Å². The average Bonchev–Trinajstić information content (AvgIpc) is 2.27. The molecule has 0 aliphatic carbocycles. The molecule has 1 amide bonds. The standard InChI is InChI=1S/C11H16N2O/c1-3-11(12)9-4-6-10(7-5-9)13(2)8-14/h4-8,11H,3,12H2,1-2H3/t11-/m0/s1. The molecule has 1 aromatic rings. The summed E-state index contributed by atoms with van der Waals surface area (Å²) in [7, 11) is 1.72. The lowest BCUT2D eigenvalue weighted by atomic mass is 10.1. The molecule has 2 N–H and O–H groups in total. The number of nitrogens with two attached hydrogens (primary N) is 1. The Balaban J connectivity index is 2.83. The van der Waals surface area contributed by atoms with Gasteiger partial charge < -0.3 is 10.6 Å². The van der Waals surface area contributed by atoms with Gasteiger partial charge in [-0.15, -0.1) is 0 Å². The Hall–Kier alpha value is -1.35. The van der Waals surface area contributed by atoms with Crippen molar-refractivity contribution in [2.75, 3.05) is 11.9 Å². The lowest BCUT2D eigenvalue weighted by Crippen LogP contribution is -2.14. The molecular weight excluding hydrogens is 176 g/mol. The van der Waals surface area contributed by atoms with Crippen LogP contribution in [-0.4, -0.2) is 13.5 Å². The van der Waals surface area contributed by atoms with Gasteiger partial charge in [0.05, 0.1) is 0 Å². The van der Waals surface area contributed by atoms with Gasteiger partial charge in [0.15, 0.2) is 0 Å². The highest BCUT2D eigenvalue weighted by molar-refractivity contribution is 5.74. The SMILES string of the molecule is CC[C@H](N)c1ccc(N(C)C=O)cc1. The van der Waals surface area contributed by atoms with Gasteiger partial charge in [0.25, 0.3) is 0 Å². The maximum absolute atomic E-state index is 10.5. The van der Waals surface area contributed by atoms with E-state index in [0.717, 1.165) is 24.1 Å². The number of benzene rings is 1. The highest BCUT2D eigenvalue weighted by Crippen LogP contribution is 2.18. The predicted octanol–water partition coefficient (Wildman–Crippen LogP) is 1.69. The number of hydrogen-bond donors (Lipinski definition) is 1. The second kappa shape index (κ2) is 4.77. The normalized spacial score (nSPS) is 12.2. The number of carbonyl (C=O) groups excluding carboxylic acids is 1. The molecule has 0 saturated carbocycles. The van der Waals surface area contributed by atoms with Gasteiger partial charge in [0.2, 0.25) is 6.41 Å². The molecule has 0 bridgehead atoms. The van der Waals surface area contributed by atoms with Crippen LogP contribution in [0.4, 0.5) is 5.69 Å². The van der Waals surface area contributed by atoms with Crippen molar-refractivity contribution >= 4 is 12.1 Å². The summed E-state index contributed by atoms with van der Waals surface area (Å²) in [6.07, 6.45) is 1.71. The molecule has 3 heteroatoms. The molecule has 3 nitrogen and oxygen atoms in total. The van der Waals surface area contributed by atoms with Crippen molar-refractivity contribution in [3.8, 4) is 0 Å². The molecule has 76 valence electrons. The van der Waals surface area contributed by atoms with Gasteiger partial charge in [0, 0.05) is 18.8 Å². The van der Waals surface area contributed by atoms with Gasteiger partial charge >= 0.3 is 0 Å². The third-order valence-electron chi connectivity index (χ3n) is 2.33. The van der Waals surface area contributed by atoms with Crippen LogP contribution in [0.15, 0.2) is 24.3 Å². The summed E-state index contributed by atoms with van der Waals surface area (Å²) in [5.41, 5.74) is 7.86. The Morgan fingerprint density at radius 1 is 1.43 bits per heavy atom. The van der Waals surface area contributed by atoms with Crippen molar-refractivity contribution in [3.63, 3.8) is 0 Å². The third kappa shape index (κ3) is 2.33. The highest BCUT2D eigenvalue weighted by atomic mass is 16.1. The summed E-state index contributed by atoms with van der Waals surface area (Å²) in [5, 5.41) is 0. The van der Waals surface area contributed by atoms with Crippen LogP contribution in [0, 0.1) is 0 Å². The van der Waals surface area contributed by atoms with Crippen LogP contribution >= 0.6 is 0 Å². The number of amides is 1. The van der Waals surface area contributed by atoms with Gasteiger partial charge in [-0.1, -0.05) is 19.1 Å². The summed E-state index contributed by atoms with van der Waals surface area (Å²) in [5.74, 6) is 0. The number of rotatable bonds is 4. The molecule has 1 rings (SSSR count). The minimum Gasteiger partial charge on any atom is -0.324 e. The Morgan fingerprint density at radius 2 is 2.00 bits per heavy atom. The Bertz CT molecular complexity index is 295. The molecule has 0 unspecified atom stereocenters. The third-order valence-corrected chi connectivity index (χ3v) is 2.33. The van der Waals surface area contributed by atoms with Crippen molar-refractivity contribution in [2.24, 2.45) is 5.73 Å². The summed E-state index contributed by atoms with van der Waals surface area (Å²) in [6.45, 7) is 2.05. The molecule has 0 aromatic heterocycles. The van der Waals surface area contributed by atoms with Gasteiger partial charge in [-0.2, -0.15) is 0 Å². The van der Waals surface area contributed by atoms with Crippen molar-refractivity contribution in [3.05, 3.63) is 29.8 Å². The lowest BCUT2D eigenvalue weighted by molar-refractivity contribution is -0.107. The Labute approximate surface area is 84.5 Å². The number of anilines is 1. The van der Waals surface area contributed by atoms with E-state index in [0.29, 0.717) is 0 Å². The van der Waals surface area contributed by atoms with E-state index in [1.54, 1.807) is 7.05 Å². The zero-order chi connectivity index (χ0) is 10.6. The first-order valence-electron chi connectivity index (χ1n) is 4.72. The molecule has 1 atom stereocenters. The van der Waals surface area contributed by atoms with E-state index in [4.69, 9.17) is 5.73 Å². The molecule has 0 saturated heterocycles. The smallest absolute Gasteiger partial charge is 0.213 e. The maximum Gasteiger partial charge on any atom is 0.213 e. The average molecular weight is 192 g/mol. The molecule has 0 radical (unpaired) electrons. The monoisotopic (exact) mass is 192 g/mol. The maximum atomic E-state index is 10.5. The van der Waals surface area contributed by atoms with Crippen LogP contribution in [0.3, 0.4) is 0 Å². The number of carbonyl (C=O) groups is 1. The van der Waals surface area contributed by atoms with Gasteiger partial charge in [-0.25, -0.2) is 0 Å². The molecule has 0 aliphatic rings. The van der Waals surface area contributed by atoms with E-state index in [9.17, 15) is 4.79 Å². The first-order valence-corrected chi connectivity index (χ1v) is 4.72. The van der Waals surface area contributed by atoms with Crippen LogP contribution in [0.1, 0.15) is 24.9 Å². The minimum absolute atomic E-state index is 0.0885. The van der Waals surface area contributed by atoms with E-state index < -0.39 is 0 Å². The fourth-order valence-corrected chi connectivity index (χ4v) is 1.25. The lowest BCUT2D eigenvalue weighted by Gasteiger charge is -2.13. The van der Waals surface area contributed by atoms with Crippen LogP contribution in [0.2, 0.25) is 0 Å². The summed E-state index contributed by atoms with van der Waals surface area (Å²) < 4.78 is 0. The first-order chi connectivity index (χ1) is 6.69. The number of hydrogen-bond acceptors (Lipinski definition) is 2. The Morgan fingerprint density at radius 3 is 2.43 bits per heavy atom. The van der Waals surface area contributed by atoms with Gasteiger partial charge in [0.1, 0.15) is 0 Å². The quantitative estimate of drug-likeness (QED) is 0.738. The molecule has 1 aromatic carbocycles. The molecule has 0 fully saturated rings. The van der Waals surface area contributed by atoms with Crippen LogP contribution < -0.4 is 10.6 Å².